The predicted octanol–water partition coefficient (Wildman–Crippen LogP) is 2.62. The van der Waals surface area contributed by atoms with Gasteiger partial charge in [0.2, 0.25) is 0 Å². The first-order valence-electron chi connectivity index (χ1n) is 7.16. The molecule has 4 nitrogen and oxygen atoms in total. The van der Waals surface area contributed by atoms with Gasteiger partial charge in [-0.05, 0) is 13.5 Å². The Hall–Kier alpha value is -0.490. The lowest BCUT2D eigenvalue weighted by molar-refractivity contribution is 0.0661. The normalized spacial score (nSPS) is 13.7. The number of aromatic nitrogens is 1. The van der Waals surface area contributed by atoms with Crippen molar-refractivity contribution in [2.45, 2.75) is 45.1 Å². The number of likely N-dealkylation sites (N-methyl/N-ethyl adjacent to an activating group) is 1. The molecule has 1 unspecified atom stereocenters. The van der Waals surface area contributed by atoms with Gasteiger partial charge in [-0.3, -0.25) is 0 Å². The molecule has 1 aromatic heterocycles. The molecule has 1 rings (SSSR count). The van der Waals surface area contributed by atoms with E-state index in [2.05, 4.69) is 31.5 Å². The van der Waals surface area contributed by atoms with Crippen molar-refractivity contribution in [2.75, 3.05) is 34.0 Å². The first kappa shape index (κ1) is 17.6. The van der Waals surface area contributed by atoms with Crippen molar-refractivity contribution < 1.29 is 9.47 Å². The van der Waals surface area contributed by atoms with E-state index in [0.29, 0.717) is 19.3 Å². The molecule has 116 valence electrons. The van der Waals surface area contributed by atoms with E-state index in [0.717, 1.165) is 19.4 Å². The lowest BCUT2D eigenvalue weighted by Gasteiger charge is -2.16. The molecule has 0 saturated carbocycles. The van der Waals surface area contributed by atoms with Crippen LogP contribution in [0.15, 0.2) is 5.38 Å². The highest BCUT2D eigenvalue weighted by atomic mass is 32.1. The van der Waals surface area contributed by atoms with Crippen LogP contribution in [0.5, 0.6) is 0 Å². The molecule has 0 aromatic carbocycles. The van der Waals surface area contributed by atoms with E-state index in [1.54, 1.807) is 18.4 Å². The van der Waals surface area contributed by atoms with E-state index < -0.39 is 0 Å². The zero-order chi connectivity index (χ0) is 15.0. The predicted molar refractivity (Wildman–Crippen MR) is 84.7 cm³/mol. The molecule has 0 fully saturated rings. The van der Waals surface area contributed by atoms with Gasteiger partial charge in [0.05, 0.1) is 23.9 Å². The van der Waals surface area contributed by atoms with Crippen LogP contribution in [0, 0.1) is 0 Å². The van der Waals surface area contributed by atoms with Crippen molar-refractivity contribution in [1.29, 1.82) is 0 Å². The summed E-state index contributed by atoms with van der Waals surface area (Å²) in [5.74, 6) is 0. The second kappa shape index (κ2) is 8.72. The van der Waals surface area contributed by atoms with Crippen LogP contribution in [0.4, 0.5) is 0 Å². The lowest BCUT2D eigenvalue weighted by Crippen LogP contribution is -2.29. The van der Waals surface area contributed by atoms with E-state index in [1.807, 2.05) is 7.05 Å². The molecule has 0 amide bonds. The number of nitrogens with one attached hydrogen (secondary N) is 1. The standard InChI is InChI=1S/C15H28N2O2S/c1-15(2,3)13-11-20-14(17-13)10-12(16-4)6-7-19-9-8-18-5/h11-12,16H,6-10H2,1-5H3. The van der Waals surface area contributed by atoms with Gasteiger partial charge >= 0.3 is 0 Å². The topological polar surface area (TPSA) is 43.4 Å². The van der Waals surface area contributed by atoms with Crippen LogP contribution in [0.3, 0.4) is 0 Å². The first-order chi connectivity index (χ1) is 9.47. The second-order valence-electron chi connectivity index (χ2n) is 5.96. The minimum atomic E-state index is 0.132. The van der Waals surface area contributed by atoms with Gasteiger partial charge < -0.3 is 14.8 Å². The largest absolute Gasteiger partial charge is 0.382 e. The van der Waals surface area contributed by atoms with Gasteiger partial charge in [0.1, 0.15) is 0 Å². The summed E-state index contributed by atoms with van der Waals surface area (Å²) in [6.45, 7) is 8.68. The fourth-order valence-electron chi connectivity index (χ4n) is 1.78. The molecule has 0 bridgehead atoms. The summed E-state index contributed by atoms with van der Waals surface area (Å²) >= 11 is 1.76. The van der Waals surface area contributed by atoms with E-state index in [-0.39, 0.29) is 5.41 Å². The molecule has 5 heteroatoms. The first-order valence-corrected chi connectivity index (χ1v) is 8.04. The van der Waals surface area contributed by atoms with Gasteiger partial charge in [0, 0.05) is 37.0 Å². The Labute approximate surface area is 126 Å². The molecule has 0 aliphatic rings. The number of methoxy groups -OCH3 is 1. The fourth-order valence-corrected chi connectivity index (χ4v) is 2.88. The van der Waals surface area contributed by atoms with Crippen molar-refractivity contribution in [1.82, 2.24) is 10.3 Å². The van der Waals surface area contributed by atoms with Crippen molar-refractivity contribution in [3.63, 3.8) is 0 Å². The minimum Gasteiger partial charge on any atom is -0.382 e. The van der Waals surface area contributed by atoms with Crippen molar-refractivity contribution in [2.24, 2.45) is 0 Å². The van der Waals surface area contributed by atoms with E-state index in [4.69, 9.17) is 14.5 Å². The summed E-state index contributed by atoms with van der Waals surface area (Å²) < 4.78 is 10.5. The molecule has 0 aliphatic carbocycles. The summed E-state index contributed by atoms with van der Waals surface area (Å²) in [7, 11) is 3.69. The molecule has 0 radical (unpaired) electrons. The molecule has 0 saturated heterocycles. The summed E-state index contributed by atoms with van der Waals surface area (Å²) in [6.07, 6.45) is 1.95. The van der Waals surface area contributed by atoms with Crippen LogP contribution < -0.4 is 5.32 Å². The Balaban J connectivity index is 2.38. The SMILES string of the molecule is CNC(CCOCCOC)Cc1nc(C(C)(C)C)cs1. The molecule has 20 heavy (non-hydrogen) atoms. The molecule has 1 aromatic rings. The van der Waals surface area contributed by atoms with Crippen LogP contribution in [0.25, 0.3) is 0 Å². The van der Waals surface area contributed by atoms with Crippen LogP contribution in [0.1, 0.15) is 37.9 Å². The summed E-state index contributed by atoms with van der Waals surface area (Å²) in [5.41, 5.74) is 1.32. The van der Waals surface area contributed by atoms with Gasteiger partial charge in [0.15, 0.2) is 0 Å². The molecule has 0 aliphatic heterocycles. The molecule has 0 spiro atoms. The van der Waals surface area contributed by atoms with Crippen LogP contribution >= 0.6 is 11.3 Å². The molecular formula is C15H28N2O2S. The van der Waals surface area contributed by atoms with Gasteiger partial charge in [-0.25, -0.2) is 4.98 Å². The number of hydrogen-bond acceptors (Lipinski definition) is 5. The van der Waals surface area contributed by atoms with E-state index in [1.165, 1.54) is 10.7 Å². The van der Waals surface area contributed by atoms with Crippen LogP contribution in [-0.4, -0.2) is 45.0 Å². The lowest BCUT2D eigenvalue weighted by atomic mass is 9.93. The maximum atomic E-state index is 5.52. The van der Waals surface area contributed by atoms with Crippen molar-refractivity contribution in [3.8, 4) is 0 Å². The quantitative estimate of drug-likeness (QED) is 0.712. The second-order valence-corrected chi connectivity index (χ2v) is 6.90. The Bertz CT molecular complexity index is 374. The maximum Gasteiger partial charge on any atom is 0.0944 e. The minimum absolute atomic E-state index is 0.132. The molecular weight excluding hydrogens is 272 g/mol. The highest BCUT2D eigenvalue weighted by Crippen LogP contribution is 2.24. The third-order valence-corrected chi connectivity index (χ3v) is 4.06. The highest BCUT2D eigenvalue weighted by molar-refractivity contribution is 7.09. The van der Waals surface area contributed by atoms with Gasteiger partial charge in [0.25, 0.3) is 0 Å². The van der Waals surface area contributed by atoms with Crippen LogP contribution in [-0.2, 0) is 21.3 Å². The fraction of sp³-hybridized carbons (Fsp3) is 0.800. The maximum absolute atomic E-state index is 5.52. The average Bonchev–Trinajstić information content (AvgIpc) is 2.85. The third kappa shape index (κ3) is 6.31. The highest BCUT2D eigenvalue weighted by Gasteiger charge is 2.18. The monoisotopic (exact) mass is 300 g/mol. The number of thiazole rings is 1. The Morgan fingerprint density at radius 2 is 2.05 bits per heavy atom. The Kier molecular flexibility index (Phi) is 7.66. The van der Waals surface area contributed by atoms with Gasteiger partial charge in [-0.1, -0.05) is 20.8 Å². The van der Waals surface area contributed by atoms with Gasteiger partial charge in [-0.2, -0.15) is 0 Å². The van der Waals surface area contributed by atoms with Crippen LogP contribution in [0.2, 0.25) is 0 Å². The third-order valence-electron chi connectivity index (χ3n) is 3.19. The number of nitrogens with zero attached hydrogens (tertiary/aromatic N) is 1. The van der Waals surface area contributed by atoms with Crippen molar-refractivity contribution in [3.05, 3.63) is 16.1 Å². The van der Waals surface area contributed by atoms with Crippen molar-refractivity contribution >= 4 is 11.3 Å². The summed E-state index contributed by atoms with van der Waals surface area (Å²) in [6, 6.07) is 0.413. The molecule has 1 atom stereocenters. The number of ether oxygens (including phenoxy) is 2. The Morgan fingerprint density at radius 1 is 1.30 bits per heavy atom. The molecule has 1 heterocycles. The molecule has 1 N–H and O–H groups in total. The number of rotatable bonds is 9. The summed E-state index contributed by atoms with van der Waals surface area (Å²) in [5, 5.41) is 6.72. The van der Waals surface area contributed by atoms with E-state index >= 15 is 0 Å². The zero-order valence-corrected chi connectivity index (χ0v) is 14.2. The van der Waals surface area contributed by atoms with E-state index in [9.17, 15) is 0 Å². The average molecular weight is 300 g/mol. The smallest absolute Gasteiger partial charge is 0.0944 e. The Morgan fingerprint density at radius 3 is 2.60 bits per heavy atom. The summed E-state index contributed by atoms with van der Waals surface area (Å²) in [4.78, 5) is 4.74. The van der Waals surface area contributed by atoms with Gasteiger partial charge in [-0.15, -0.1) is 11.3 Å². The number of hydrogen-bond donors (Lipinski definition) is 1. The zero-order valence-electron chi connectivity index (χ0n) is 13.4.